The van der Waals surface area contributed by atoms with Crippen molar-refractivity contribution in [3.63, 3.8) is 0 Å². The van der Waals surface area contributed by atoms with Crippen LogP contribution in [0, 0.1) is 0 Å². The summed E-state index contributed by atoms with van der Waals surface area (Å²) in [6.45, 7) is 0. The van der Waals surface area contributed by atoms with Crippen LogP contribution in [0.4, 0.5) is 0 Å². The van der Waals surface area contributed by atoms with Gasteiger partial charge in [-0.15, -0.1) is 0 Å². The Balaban J connectivity index is 2.12. The molecule has 1 aliphatic carbocycles. The monoisotopic (exact) mass is 251 g/mol. The average Bonchev–Trinajstić information content (AvgIpc) is 2.93. The molecule has 0 radical (unpaired) electrons. The molecule has 2 aromatic rings. The maximum absolute atomic E-state index is 5.87. The van der Waals surface area contributed by atoms with Crippen LogP contribution in [0.2, 0.25) is 0 Å². The zero-order chi connectivity index (χ0) is 13.2. The minimum absolute atomic E-state index is 0.371. The molecule has 0 fully saturated rings. The van der Waals surface area contributed by atoms with Crippen molar-refractivity contribution in [2.45, 2.75) is 19.3 Å². The second-order valence-corrected chi connectivity index (χ2v) is 4.90. The van der Waals surface area contributed by atoms with Gasteiger partial charge in [0.15, 0.2) is 5.84 Å². The summed E-state index contributed by atoms with van der Waals surface area (Å²) in [6, 6.07) is 14.6. The van der Waals surface area contributed by atoms with E-state index in [2.05, 4.69) is 29.4 Å². The molecule has 0 saturated heterocycles. The van der Waals surface area contributed by atoms with E-state index in [4.69, 9.17) is 11.6 Å². The van der Waals surface area contributed by atoms with E-state index in [0.717, 1.165) is 11.1 Å². The minimum atomic E-state index is 0.371. The van der Waals surface area contributed by atoms with Crippen LogP contribution in [0.25, 0.3) is 11.1 Å². The lowest BCUT2D eigenvalue weighted by Crippen LogP contribution is -2.16. The van der Waals surface area contributed by atoms with E-state index in [1.54, 1.807) is 0 Å². The Morgan fingerprint density at radius 2 is 1.79 bits per heavy atom. The van der Waals surface area contributed by atoms with E-state index in [0.29, 0.717) is 5.84 Å². The summed E-state index contributed by atoms with van der Waals surface area (Å²) in [7, 11) is 0. The first-order chi connectivity index (χ1) is 9.29. The van der Waals surface area contributed by atoms with Crippen molar-refractivity contribution in [2.24, 2.45) is 16.7 Å². The van der Waals surface area contributed by atoms with Crippen LogP contribution in [-0.4, -0.2) is 5.84 Å². The van der Waals surface area contributed by atoms with E-state index >= 15 is 0 Å². The summed E-state index contributed by atoms with van der Waals surface area (Å²) < 4.78 is 0. The summed E-state index contributed by atoms with van der Waals surface area (Å²) in [6.07, 6.45) is 3.63. The topological polar surface area (TPSA) is 64.4 Å². The van der Waals surface area contributed by atoms with Gasteiger partial charge in [0.25, 0.3) is 0 Å². The summed E-state index contributed by atoms with van der Waals surface area (Å²) in [5.41, 5.74) is 12.0. The summed E-state index contributed by atoms with van der Waals surface area (Å²) >= 11 is 0. The number of aryl methyl sites for hydroxylation is 2. The SMILES string of the molecule is N/N=C(\N)c1ccccc1-c1ccc2c(c1)CCC2. The van der Waals surface area contributed by atoms with Crippen molar-refractivity contribution in [3.05, 3.63) is 59.2 Å². The molecule has 0 saturated carbocycles. The Hall–Kier alpha value is -2.29. The van der Waals surface area contributed by atoms with Crippen molar-refractivity contribution >= 4 is 5.84 Å². The van der Waals surface area contributed by atoms with Gasteiger partial charge in [0, 0.05) is 5.56 Å². The molecule has 4 N–H and O–H groups in total. The fourth-order valence-electron chi connectivity index (χ4n) is 2.77. The quantitative estimate of drug-likeness (QED) is 0.372. The number of rotatable bonds is 2. The van der Waals surface area contributed by atoms with Gasteiger partial charge in [-0.25, -0.2) is 0 Å². The number of nitrogens with two attached hydrogens (primary N) is 2. The second kappa shape index (κ2) is 4.76. The molecular formula is C16H17N3. The first-order valence-corrected chi connectivity index (χ1v) is 6.54. The molecule has 3 heteroatoms. The number of nitrogens with zero attached hydrogens (tertiary/aromatic N) is 1. The lowest BCUT2D eigenvalue weighted by molar-refractivity contribution is 0.912. The zero-order valence-corrected chi connectivity index (χ0v) is 10.8. The maximum Gasteiger partial charge on any atom is 0.150 e. The molecule has 96 valence electrons. The highest BCUT2D eigenvalue weighted by atomic mass is 15.2. The van der Waals surface area contributed by atoms with Crippen molar-refractivity contribution in [3.8, 4) is 11.1 Å². The maximum atomic E-state index is 5.87. The van der Waals surface area contributed by atoms with Gasteiger partial charge in [-0.2, -0.15) is 5.10 Å². The number of fused-ring (bicyclic) bond motifs is 1. The molecular weight excluding hydrogens is 234 g/mol. The smallest absolute Gasteiger partial charge is 0.150 e. The highest BCUT2D eigenvalue weighted by Gasteiger charge is 2.13. The third-order valence-corrected chi connectivity index (χ3v) is 3.75. The molecule has 0 atom stereocenters. The molecule has 3 rings (SSSR count). The van der Waals surface area contributed by atoms with Crippen LogP contribution in [0.1, 0.15) is 23.1 Å². The molecule has 0 aromatic heterocycles. The molecule has 0 amide bonds. The first kappa shape index (κ1) is 11.8. The van der Waals surface area contributed by atoms with Gasteiger partial charge < -0.3 is 11.6 Å². The molecule has 0 spiro atoms. The zero-order valence-electron chi connectivity index (χ0n) is 10.8. The molecule has 0 aliphatic heterocycles. The Morgan fingerprint density at radius 3 is 2.63 bits per heavy atom. The first-order valence-electron chi connectivity index (χ1n) is 6.54. The van der Waals surface area contributed by atoms with Crippen LogP contribution < -0.4 is 11.6 Å². The molecule has 1 aliphatic rings. The van der Waals surface area contributed by atoms with E-state index < -0.39 is 0 Å². The average molecular weight is 251 g/mol. The predicted octanol–water partition coefficient (Wildman–Crippen LogP) is 2.42. The standard InChI is InChI=1S/C16H17N3/c17-16(19-18)15-7-2-1-6-14(15)13-9-8-11-4-3-5-12(11)10-13/h1-2,6-10H,3-5,18H2,(H2,17,19). The number of hydrogen-bond donors (Lipinski definition) is 2. The number of benzene rings is 2. The number of hydrazone groups is 1. The Morgan fingerprint density at radius 1 is 1.00 bits per heavy atom. The summed E-state index contributed by atoms with van der Waals surface area (Å²) in [4.78, 5) is 0. The van der Waals surface area contributed by atoms with Gasteiger partial charge in [-0.05, 0) is 41.5 Å². The summed E-state index contributed by atoms with van der Waals surface area (Å²) in [5, 5.41) is 3.61. The van der Waals surface area contributed by atoms with Crippen molar-refractivity contribution in [1.29, 1.82) is 0 Å². The van der Waals surface area contributed by atoms with Gasteiger partial charge in [0.05, 0.1) is 0 Å². The van der Waals surface area contributed by atoms with Crippen molar-refractivity contribution in [2.75, 3.05) is 0 Å². The van der Waals surface area contributed by atoms with E-state index in [1.807, 2.05) is 18.2 Å². The van der Waals surface area contributed by atoms with Crippen LogP contribution in [0.3, 0.4) is 0 Å². The lowest BCUT2D eigenvalue weighted by atomic mass is 9.96. The molecule has 2 aromatic carbocycles. The summed E-state index contributed by atoms with van der Waals surface area (Å²) in [5.74, 6) is 5.68. The Labute approximate surface area is 112 Å². The number of amidine groups is 1. The highest BCUT2D eigenvalue weighted by Crippen LogP contribution is 2.29. The van der Waals surface area contributed by atoms with Gasteiger partial charge in [0.1, 0.15) is 0 Å². The number of hydrogen-bond acceptors (Lipinski definition) is 2. The fourth-order valence-corrected chi connectivity index (χ4v) is 2.77. The van der Waals surface area contributed by atoms with Crippen LogP contribution in [-0.2, 0) is 12.8 Å². The van der Waals surface area contributed by atoms with Gasteiger partial charge >= 0.3 is 0 Å². The highest BCUT2D eigenvalue weighted by molar-refractivity contribution is 6.03. The van der Waals surface area contributed by atoms with Crippen LogP contribution in [0.15, 0.2) is 47.6 Å². The van der Waals surface area contributed by atoms with Gasteiger partial charge in [0.2, 0.25) is 0 Å². The molecule has 0 bridgehead atoms. The van der Waals surface area contributed by atoms with Gasteiger partial charge in [-0.3, -0.25) is 0 Å². The molecule has 0 heterocycles. The lowest BCUT2D eigenvalue weighted by Gasteiger charge is -2.10. The van der Waals surface area contributed by atoms with Crippen LogP contribution >= 0.6 is 0 Å². The fraction of sp³-hybridized carbons (Fsp3) is 0.188. The van der Waals surface area contributed by atoms with E-state index in [9.17, 15) is 0 Å². The van der Waals surface area contributed by atoms with Crippen LogP contribution in [0.5, 0.6) is 0 Å². The third kappa shape index (κ3) is 2.08. The van der Waals surface area contributed by atoms with E-state index in [-0.39, 0.29) is 0 Å². The van der Waals surface area contributed by atoms with Crippen molar-refractivity contribution in [1.82, 2.24) is 0 Å². The van der Waals surface area contributed by atoms with Gasteiger partial charge in [-0.1, -0.05) is 42.5 Å². The molecule has 3 nitrogen and oxygen atoms in total. The third-order valence-electron chi connectivity index (χ3n) is 3.75. The minimum Gasteiger partial charge on any atom is -0.382 e. The Kier molecular flexibility index (Phi) is 2.95. The second-order valence-electron chi connectivity index (χ2n) is 4.90. The van der Waals surface area contributed by atoms with Crippen molar-refractivity contribution < 1.29 is 0 Å². The molecule has 19 heavy (non-hydrogen) atoms. The largest absolute Gasteiger partial charge is 0.382 e. The normalized spacial score (nSPS) is 14.4. The molecule has 0 unspecified atom stereocenters. The Bertz CT molecular complexity index is 644. The predicted molar refractivity (Wildman–Crippen MR) is 78.8 cm³/mol. The van der Waals surface area contributed by atoms with E-state index in [1.165, 1.54) is 36.0 Å².